The molecular weight excluding hydrogens is 462 g/mol. The largest absolute Gasteiger partial charge is 0.491 e. The Bertz CT molecular complexity index is 999. The van der Waals surface area contributed by atoms with Gasteiger partial charge in [0.25, 0.3) is 0 Å². The minimum Gasteiger partial charge on any atom is -0.491 e. The first-order chi connectivity index (χ1) is 17.0. The van der Waals surface area contributed by atoms with Crippen LogP contribution in [0.1, 0.15) is 42.7 Å². The van der Waals surface area contributed by atoms with Gasteiger partial charge in [-0.2, -0.15) is 0 Å². The van der Waals surface area contributed by atoms with Gasteiger partial charge in [0, 0.05) is 30.8 Å². The van der Waals surface area contributed by atoms with Crippen LogP contribution in [0, 0.1) is 0 Å². The molecule has 0 fully saturated rings. The summed E-state index contributed by atoms with van der Waals surface area (Å²) in [6.07, 6.45) is -0.616. The highest BCUT2D eigenvalue weighted by Crippen LogP contribution is 2.23. The molecule has 3 rings (SSSR count). The molecule has 188 valence electrons. The van der Waals surface area contributed by atoms with Gasteiger partial charge in [-0.05, 0) is 61.2 Å². The normalized spacial score (nSPS) is 14.0. The minimum atomic E-state index is -0.722. The van der Waals surface area contributed by atoms with Gasteiger partial charge in [-0.1, -0.05) is 66.2 Å². The van der Waals surface area contributed by atoms with Gasteiger partial charge in [0.05, 0.1) is 18.8 Å². The fraction of sp³-hybridized carbons (Fsp3) is 0.379. The van der Waals surface area contributed by atoms with E-state index in [4.69, 9.17) is 21.1 Å². The number of ether oxygens (including phenoxy) is 2. The Hall–Kier alpha value is -2.41. The van der Waals surface area contributed by atoms with Crippen molar-refractivity contribution in [2.75, 3.05) is 32.9 Å². The Kier molecular flexibility index (Phi) is 11.0. The molecule has 0 heterocycles. The van der Waals surface area contributed by atoms with Gasteiger partial charge in [-0.25, -0.2) is 0 Å². The summed E-state index contributed by atoms with van der Waals surface area (Å²) in [7, 11) is 0. The Morgan fingerprint density at radius 2 is 1.49 bits per heavy atom. The summed E-state index contributed by atoms with van der Waals surface area (Å²) in [5.74, 6) is 0.814. The van der Waals surface area contributed by atoms with E-state index in [2.05, 4.69) is 24.0 Å². The average molecular weight is 498 g/mol. The quantitative estimate of drug-likeness (QED) is 0.290. The molecule has 0 aliphatic carbocycles. The molecule has 3 aromatic carbocycles. The van der Waals surface area contributed by atoms with E-state index in [0.717, 1.165) is 28.9 Å². The molecule has 0 aliphatic heterocycles. The average Bonchev–Trinajstić information content (AvgIpc) is 2.87. The van der Waals surface area contributed by atoms with Crippen LogP contribution in [0.15, 0.2) is 78.9 Å². The molecule has 2 N–H and O–H groups in total. The van der Waals surface area contributed by atoms with Crippen LogP contribution in [0.4, 0.5) is 0 Å². The maximum Gasteiger partial charge on any atom is 0.119 e. The lowest BCUT2D eigenvalue weighted by molar-refractivity contribution is 0.0480. The van der Waals surface area contributed by atoms with Gasteiger partial charge in [-0.3, -0.25) is 4.90 Å². The lowest BCUT2D eigenvalue weighted by atomic mass is 10.0. The van der Waals surface area contributed by atoms with Crippen LogP contribution in [0.5, 0.6) is 5.75 Å². The number of aliphatic hydroxyl groups excluding tert-OH is 2. The summed E-state index contributed by atoms with van der Waals surface area (Å²) in [6, 6.07) is 25.0. The summed E-state index contributed by atoms with van der Waals surface area (Å²) >= 11 is 6.14. The lowest BCUT2D eigenvalue weighted by Crippen LogP contribution is -2.40. The second-order valence-electron chi connectivity index (χ2n) is 8.69. The molecule has 3 aromatic rings. The predicted molar refractivity (Wildman–Crippen MR) is 141 cm³/mol. The molecule has 0 aromatic heterocycles. The van der Waals surface area contributed by atoms with Crippen LogP contribution >= 0.6 is 11.6 Å². The summed E-state index contributed by atoms with van der Waals surface area (Å²) in [5.41, 5.74) is 2.78. The van der Waals surface area contributed by atoms with Gasteiger partial charge < -0.3 is 19.7 Å². The highest BCUT2D eigenvalue weighted by Gasteiger charge is 2.23. The van der Waals surface area contributed by atoms with Crippen LogP contribution < -0.4 is 4.74 Å². The number of aliphatic hydroxyl groups is 2. The molecule has 0 spiro atoms. The SMILES string of the molecule is CCOCCOc1ccc(C[C@@H](C)N(C[C@@H](O)c2cccc(Cl)c2)C[C@H](O)c2ccccc2)cc1. The molecule has 0 unspecified atom stereocenters. The van der Waals surface area contributed by atoms with Crippen LogP contribution in [0.25, 0.3) is 0 Å². The van der Waals surface area contributed by atoms with Crippen molar-refractivity contribution in [2.24, 2.45) is 0 Å². The molecule has 5 nitrogen and oxygen atoms in total. The van der Waals surface area contributed by atoms with E-state index in [1.165, 1.54) is 0 Å². The molecular formula is C29H36ClNO4. The number of halogens is 1. The second-order valence-corrected chi connectivity index (χ2v) is 9.13. The molecule has 35 heavy (non-hydrogen) atoms. The van der Waals surface area contributed by atoms with Crippen LogP contribution in [0.3, 0.4) is 0 Å². The fourth-order valence-corrected chi connectivity index (χ4v) is 4.23. The first-order valence-electron chi connectivity index (χ1n) is 12.2. The van der Waals surface area contributed by atoms with Crippen molar-refractivity contribution < 1.29 is 19.7 Å². The zero-order valence-electron chi connectivity index (χ0n) is 20.5. The van der Waals surface area contributed by atoms with E-state index in [0.29, 0.717) is 37.9 Å². The molecule has 0 amide bonds. The maximum atomic E-state index is 11.0. The third-order valence-electron chi connectivity index (χ3n) is 6.01. The number of benzene rings is 3. The smallest absolute Gasteiger partial charge is 0.119 e. The van der Waals surface area contributed by atoms with Crippen LogP contribution in [0.2, 0.25) is 5.02 Å². The first kappa shape index (κ1) is 27.2. The van der Waals surface area contributed by atoms with Crippen molar-refractivity contribution in [3.8, 4) is 5.75 Å². The Labute approximate surface area is 213 Å². The van der Waals surface area contributed by atoms with Gasteiger partial charge in [0.15, 0.2) is 0 Å². The molecule has 6 heteroatoms. The van der Waals surface area contributed by atoms with Crippen molar-refractivity contribution in [3.63, 3.8) is 0 Å². The van der Waals surface area contributed by atoms with E-state index in [1.54, 1.807) is 12.1 Å². The van der Waals surface area contributed by atoms with E-state index < -0.39 is 12.2 Å². The van der Waals surface area contributed by atoms with Crippen molar-refractivity contribution >= 4 is 11.6 Å². The molecule has 0 saturated heterocycles. The molecule has 3 atom stereocenters. The van der Waals surface area contributed by atoms with Crippen LogP contribution in [-0.4, -0.2) is 54.1 Å². The summed E-state index contributed by atoms with van der Waals surface area (Å²) < 4.78 is 11.0. The van der Waals surface area contributed by atoms with E-state index in [-0.39, 0.29) is 6.04 Å². The standard InChI is InChI=1S/C29H36ClNO4/c1-3-34-16-17-35-27-14-12-23(13-15-27)18-22(2)31(20-28(32)24-8-5-4-6-9-24)21-29(33)25-10-7-11-26(30)19-25/h4-15,19,22,28-29,32-33H,3,16-18,20-21H2,1-2H3/t22-,28+,29-/m1/s1. The van der Waals surface area contributed by atoms with E-state index >= 15 is 0 Å². The number of nitrogens with zero attached hydrogens (tertiary/aromatic N) is 1. The zero-order valence-corrected chi connectivity index (χ0v) is 21.3. The maximum absolute atomic E-state index is 11.0. The molecule has 0 saturated carbocycles. The van der Waals surface area contributed by atoms with Crippen molar-refractivity contribution in [1.82, 2.24) is 4.90 Å². The van der Waals surface area contributed by atoms with E-state index in [9.17, 15) is 10.2 Å². The van der Waals surface area contributed by atoms with Gasteiger partial charge in [0.1, 0.15) is 12.4 Å². The Morgan fingerprint density at radius 1 is 0.829 bits per heavy atom. The zero-order chi connectivity index (χ0) is 25.0. The van der Waals surface area contributed by atoms with Crippen molar-refractivity contribution in [2.45, 2.75) is 38.5 Å². The van der Waals surface area contributed by atoms with Crippen LogP contribution in [-0.2, 0) is 11.2 Å². The lowest BCUT2D eigenvalue weighted by Gasteiger charge is -2.33. The monoisotopic (exact) mass is 497 g/mol. The number of hydrogen-bond donors (Lipinski definition) is 2. The minimum absolute atomic E-state index is 0.0759. The van der Waals surface area contributed by atoms with Gasteiger partial charge in [0.2, 0.25) is 0 Å². The van der Waals surface area contributed by atoms with Gasteiger partial charge in [-0.15, -0.1) is 0 Å². The first-order valence-corrected chi connectivity index (χ1v) is 12.5. The summed E-state index contributed by atoms with van der Waals surface area (Å²) in [4.78, 5) is 2.13. The topological polar surface area (TPSA) is 62.2 Å². The van der Waals surface area contributed by atoms with Crippen molar-refractivity contribution in [3.05, 3.63) is 101 Å². The molecule has 0 bridgehead atoms. The molecule has 0 radical (unpaired) electrons. The highest BCUT2D eigenvalue weighted by molar-refractivity contribution is 6.30. The predicted octanol–water partition coefficient (Wildman–Crippen LogP) is 5.46. The fourth-order valence-electron chi connectivity index (χ4n) is 4.03. The Balaban J connectivity index is 1.68. The van der Waals surface area contributed by atoms with Gasteiger partial charge >= 0.3 is 0 Å². The summed E-state index contributed by atoms with van der Waals surface area (Å²) in [5, 5.41) is 22.5. The van der Waals surface area contributed by atoms with Crippen molar-refractivity contribution in [1.29, 1.82) is 0 Å². The van der Waals surface area contributed by atoms with E-state index in [1.807, 2.05) is 61.5 Å². The highest BCUT2D eigenvalue weighted by atomic mass is 35.5. The number of hydrogen-bond acceptors (Lipinski definition) is 5. The third kappa shape index (κ3) is 8.95. The number of rotatable bonds is 14. The Morgan fingerprint density at radius 3 is 2.14 bits per heavy atom. The summed E-state index contributed by atoms with van der Waals surface area (Å²) in [6.45, 7) is 6.65. The molecule has 0 aliphatic rings. The third-order valence-corrected chi connectivity index (χ3v) is 6.25. The second kappa shape index (κ2) is 14.2.